The minimum Gasteiger partial charge on any atom is -0.479 e. The van der Waals surface area contributed by atoms with Crippen molar-refractivity contribution in [1.82, 2.24) is 20.4 Å². The van der Waals surface area contributed by atoms with Gasteiger partial charge in [0.25, 0.3) is 5.91 Å². The van der Waals surface area contributed by atoms with Crippen LogP contribution in [0.2, 0.25) is 0 Å². The number of hydrogen-bond acceptors (Lipinski definition) is 4. The molecule has 1 aliphatic heterocycles. The number of hydrogen-bond donors (Lipinski definition) is 3. The fourth-order valence-electron chi connectivity index (χ4n) is 3.86. The van der Waals surface area contributed by atoms with E-state index in [4.69, 9.17) is 0 Å². The molecule has 1 atom stereocenters. The number of nitrogens with zero attached hydrogens (tertiary/aromatic N) is 2. The second-order valence-electron chi connectivity index (χ2n) is 7.26. The third-order valence-electron chi connectivity index (χ3n) is 5.27. The number of H-pyrrole nitrogens is 1. The number of rotatable bonds is 5. The number of likely N-dealkylation sites (tertiary alicyclic amines) is 1. The number of carboxylic acid groups (broad SMARTS) is 1. The van der Waals surface area contributed by atoms with Crippen molar-refractivity contribution in [3.8, 4) is 0 Å². The molecule has 0 aliphatic carbocycles. The molecule has 3 N–H and O–H groups in total. The van der Waals surface area contributed by atoms with Crippen LogP contribution in [0.4, 0.5) is 0 Å². The number of carbonyl (C=O) groups is 2. The van der Waals surface area contributed by atoms with Crippen molar-refractivity contribution < 1.29 is 14.7 Å². The van der Waals surface area contributed by atoms with Crippen LogP contribution in [0.1, 0.15) is 28.9 Å². The molecule has 144 valence electrons. The van der Waals surface area contributed by atoms with Gasteiger partial charge in [-0.15, -0.1) is 0 Å². The molecule has 7 heteroatoms. The molecule has 2 aromatic carbocycles. The third-order valence-corrected chi connectivity index (χ3v) is 5.27. The highest BCUT2D eigenvalue weighted by molar-refractivity contribution is 6.06. The van der Waals surface area contributed by atoms with Gasteiger partial charge in [-0.25, -0.2) is 4.79 Å². The van der Waals surface area contributed by atoms with Crippen molar-refractivity contribution in [2.75, 3.05) is 13.1 Å². The molecule has 1 aliphatic rings. The van der Waals surface area contributed by atoms with Crippen molar-refractivity contribution in [1.29, 1.82) is 0 Å². The van der Waals surface area contributed by atoms with Crippen molar-refractivity contribution in [2.45, 2.75) is 24.9 Å². The molecular formula is C21H22N4O3. The first-order chi connectivity index (χ1) is 13.6. The second kappa shape index (κ2) is 7.44. The summed E-state index contributed by atoms with van der Waals surface area (Å²) < 4.78 is 0. The lowest BCUT2D eigenvalue weighted by molar-refractivity contribution is -0.147. The Kier molecular flexibility index (Phi) is 4.83. The van der Waals surface area contributed by atoms with E-state index in [0.717, 1.165) is 17.6 Å². The van der Waals surface area contributed by atoms with Gasteiger partial charge in [-0.1, -0.05) is 48.5 Å². The molecule has 0 radical (unpaired) electrons. The number of carboxylic acids is 1. The molecule has 0 saturated carbocycles. The lowest BCUT2D eigenvalue weighted by Crippen LogP contribution is -2.63. The van der Waals surface area contributed by atoms with E-state index >= 15 is 0 Å². The minimum atomic E-state index is -1.33. The largest absolute Gasteiger partial charge is 0.479 e. The highest BCUT2D eigenvalue weighted by atomic mass is 16.4. The molecule has 1 amide bonds. The lowest BCUT2D eigenvalue weighted by atomic mass is 9.88. The number of fused-ring (bicyclic) bond motifs is 1. The van der Waals surface area contributed by atoms with Crippen LogP contribution in [-0.4, -0.2) is 50.7 Å². The zero-order valence-electron chi connectivity index (χ0n) is 15.4. The first kappa shape index (κ1) is 18.2. The van der Waals surface area contributed by atoms with Gasteiger partial charge in [-0.05, 0) is 31.0 Å². The summed E-state index contributed by atoms with van der Waals surface area (Å²) in [5.41, 5.74) is 0.751. The fraction of sp³-hybridized carbons (Fsp3) is 0.286. The predicted molar refractivity (Wildman–Crippen MR) is 105 cm³/mol. The van der Waals surface area contributed by atoms with Crippen LogP contribution < -0.4 is 5.32 Å². The van der Waals surface area contributed by atoms with Crippen LogP contribution in [0.25, 0.3) is 10.9 Å². The molecule has 7 nitrogen and oxygen atoms in total. The number of aliphatic carboxylic acids is 1. The Balaban J connectivity index is 1.55. The molecule has 3 aromatic rings. The maximum atomic E-state index is 12.9. The summed E-state index contributed by atoms with van der Waals surface area (Å²) in [6, 6.07) is 17.2. The fourth-order valence-corrected chi connectivity index (χ4v) is 3.86. The molecule has 1 fully saturated rings. The normalized spacial score (nSPS) is 20.1. The van der Waals surface area contributed by atoms with E-state index in [9.17, 15) is 14.7 Å². The molecule has 0 bridgehead atoms. The van der Waals surface area contributed by atoms with E-state index in [1.165, 1.54) is 0 Å². The predicted octanol–water partition coefficient (Wildman–Crippen LogP) is 2.41. The van der Waals surface area contributed by atoms with E-state index in [1.807, 2.05) is 48.5 Å². The monoisotopic (exact) mass is 378 g/mol. The Labute approximate surface area is 162 Å². The molecule has 28 heavy (non-hydrogen) atoms. The number of benzene rings is 2. The number of para-hydroxylation sites is 1. The second-order valence-corrected chi connectivity index (χ2v) is 7.26. The first-order valence-corrected chi connectivity index (χ1v) is 9.33. The maximum Gasteiger partial charge on any atom is 0.330 e. The average molecular weight is 378 g/mol. The number of aromatic nitrogens is 2. The number of carbonyl (C=O) groups excluding carboxylic acids is 1. The Bertz CT molecular complexity index is 1000. The minimum absolute atomic E-state index is 0.219. The lowest BCUT2D eigenvalue weighted by Gasteiger charge is -2.40. The summed E-state index contributed by atoms with van der Waals surface area (Å²) in [4.78, 5) is 27.1. The zero-order chi connectivity index (χ0) is 19.6. The first-order valence-electron chi connectivity index (χ1n) is 9.33. The summed E-state index contributed by atoms with van der Waals surface area (Å²) in [5, 5.41) is 20.3. The van der Waals surface area contributed by atoms with Gasteiger partial charge >= 0.3 is 5.97 Å². The molecule has 1 unspecified atom stereocenters. The van der Waals surface area contributed by atoms with Crippen LogP contribution in [-0.2, 0) is 11.3 Å². The van der Waals surface area contributed by atoms with Gasteiger partial charge in [0.15, 0.2) is 11.2 Å². The van der Waals surface area contributed by atoms with Crippen LogP contribution in [0.15, 0.2) is 54.6 Å². The smallest absolute Gasteiger partial charge is 0.330 e. The van der Waals surface area contributed by atoms with Gasteiger partial charge < -0.3 is 10.4 Å². The Morgan fingerprint density at radius 1 is 1.14 bits per heavy atom. The summed E-state index contributed by atoms with van der Waals surface area (Å²) >= 11 is 0. The Morgan fingerprint density at radius 2 is 1.89 bits per heavy atom. The van der Waals surface area contributed by atoms with E-state index in [1.54, 1.807) is 6.07 Å². The number of aromatic amines is 1. The van der Waals surface area contributed by atoms with Crippen LogP contribution in [0.5, 0.6) is 0 Å². The van der Waals surface area contributed by atoms with Crippen molar-refractivity contribution in [2.24, 2.45) is 0 Å². The standard InChI is InChI=1S/C21H22N4O3/c26-19(18-16-9-4-5-10-17(16)23-24-18)22-21(20(27)28)11-6-12-25(14-21)13-15-7-2-1-3-8-15/h1-5,7-10H,6,11-14H2,(H,22,26)(H,23,24)(H,27,28). The van der Waals surface area contributed by atoms with E-state index < -0.39 is 17.4 Å². The molecular weight excluding hydrogens is 356 g/mol. The average Bonchev–Trinajstić information content (AvgIpc) is 3.13. The Hall–Kier alpha value is -3.19. The Morgan fingerprint density at radius 3 is 2.68 bits per heavy atom. The quantitative estimate of drug-likeness (QED) is 0.633. The van der Waals surface area contributed by atoms with Gasteiger partial charge in [-0.3, -0.25) is 14.8 Å². The van der Waals surface area contributed by atoms with Crippen molar-refractivity contribution in [3.05, 3.63) is 65.9 Å². The molecule has 0 spiro atoms. The summed E-state index contributed by atoms with van der Waals surface area (Å²) in [6.07, 6.45) is 1.09. The SMILES string of the molecule is O=C(NC1(C(=O)O)CCCN(Cc2ccccc2)C1)c1n[nH]c2ccccc12. The van der Waals surface area contributed by atoms with Gasteiger partial charge in [0.2, 0.25) is 0 Å². The van der Waals surface area contributed by atoms with Gasteiger partial charge in [0.1, 0.15) is 0 Å². The molecule has 4 rings (SSSR count). The molecule has 1 aromatic heterocycles. The van der Waals surface area contributed by atoms with Crippen LogP contribution in [0.3, 0.4) is 0 Å². The van der Waals surface area contributed by atoms with Gasteiger partial charge in [-0.2, -0.15) is 5.10 Å². The summed E-state index contributed by atoms with van der Waals surface area (Å²) in [5.74, 6) is -1.49. The molecule has 2 heterocycles. The van der Waals surface area contributed by atoms with Gasteiger partial charge in [0, 0.05) is 18.5 Å². The van der Waals surface area contributed by atoms with E-state index in [-0.39, 0.29) is 12.2 Å². The summed E-state index contributed by atoms with van der Waals surface area (Å²) in [7, 11) is 0. The van der Waals surface area contributed by atoms with Crippen LogP contribution >= 0.6 is 0 Å². The van der Waals surface area contributed by atoms with Crippen molar-refractivity contribution in [3.63, 3.8) is 0 Å². The molecule has 1 saturated heterocycles. The van der Waals surface area contributed by atoms with E-state index in [0.29, 0.717) is 24.8 Å². The highest BCUT2D eigenvalue weighted by Crippen LogP contribution is 2.25. The summed E-state index contributed by atoms with van der Waals surface area (Å²) in [6.45, 7) is 1.70. The third kappa shape index (κ3) is 3.48. The number of piperidine rings is 1. The topological polar surface area (TPSA) is 98.3 Å². The number of amides is 1. The highest BCUT2D eigenvalue weighted by Gasteiger charge is 2.44. The van der Waals surface area contributed by atoms with Crippen LogP contribution in [0, 0.1) is 0 Å². The number of nitrogens with one attached hydrogen (secondary N) is 2. The maximum absolute atomic E-state index is 12.9. The van der Waals surface area contributed by atoms with E-state index in [2.05, 4.69) is 20.4 Å². The van der Waals surface area contributed by atoms with Crippen molar-refractivity contribution >= 4 is 22.8 Å². The van der Waals surface area contributed by atoms with Gasteiger partial charge in [0.05, 0.1) is 5.52 Å². The zero-order valence-corrected chi connectivity index (χ0v) is 15.4.